The van der Waals surface area contributed by atoms with E-state index < -0.39 is 17.5 Å². The highest BCUT2D eigenvalue weighted by Crippen LogP contribution is 2.31. The number of carbonyl (C=O) groups is 3. The maximum absolute atomic E-state index is 13.0. The van der Waals surface area contributed by atoms with Crippen molar-refractivity contribution in [1.82, 2.24) is 25.4 Å². The van der Waals surface area contributed by atoms with Crippen molar-refractivity contribution in [3.63, 3.8) is 0 Å². The molecule has 0 bridgehead atoms. The van der Waals surface area contributed by atoms with Crippen molar-refractivity contribution in [2.45, 2.75) is 19.0 Å². The average Bonchev–Trinajstić information content (AvgIpc) is 3.45. The first-order chi connectivity index (χ1) is 20.2. The number of nitrogens with zero attached hydrogens (tertiary/aromatic N) is 4. The van der Waals surface area contributed by atoms with E-state index >= 15 is 0 Å². The average molecular weight is 567 g/mol. The fourth-order valence-corrected chi connectivity index (χ4v) is 5.51. The maximum Gasteiger partial charge on any atom is 0.323 e. The van der Waals surface area contributed by atoms with E-state index in [9.17, 15) is 24.6 Å². The molecule has 11 nitrogen and oxygen atoms in total. The molecule has 1 unspecified atom stereocenters. The van der Waals surface area contributed by atoms with Crippen molar-refractivity contribution in [2.24, 2.45) is 0 Å². The number of likely N-dealkylation sites (N-methyl/N-ethyl adjacent to an activating group) is 1. The first kappa shape index (κ1) is 27.1. The van der Waals surface area contributed by atoms with Crippen LogP contribution in [0.4, 0.5) is 10.6 Å². The first-order valence-corrected chi connectivity index (χ1v) is 13.8. The molecule has 3 aliphatic rings. The minimum absolute atomic E-state index is 0.0288. The summed E-state index contributed by atoms with van der Waals surface area (Å²) in [7, 11) is 0. The number of imide groups is 1. The van der Waals surface area contributed by atoms with Crippen molar-refractivity contribution < 1.29 is 24.6 Å². The lowest BCUT2D eigenvalue weighted by Crippen LogP contribution is -2.54. The molecule has 42 heavy (non-hydrogen) atoms. The predicted octanol–water partition coefficient (Wildman–Crippen LogP) is 1.89. The fourth-order valence-electron chi connectivity index (χ4n) is 5.51. The van der Waals surface area contributed by atoms with Crippen molar-refractivity contribution >= 4 is 23.7 Å². The Morgan fingerprint density at radius 1 is 0.976 bits per heavy atom. The molecular weight excluding hydrogens is 536 g/mol. The third-order valence-electron chi connectivity index (χ3n) is 7.92. The standard InChI is InChI=1S/C31H30N6O5/c1-2-35-13-15-36(16-14-35)26-10-9-25(39)27(32-26)21-5-3-20(4-6-21)11-12-31(29(41)33-30(42)34-31)19-37-18-22-7-8-23(38)17-24(22)28(37)40/h3-10,17,38-39H,2,13-16,18-19H2,1H3,(H2,33,34,41,42). The molecule has 0 saturated carbocycles. The van der Waals surface area contributed by atoms with Crippen LogP contribution in [0.25, 0.3) is 11.3 Å². The number of phenols is 1. The highest BCUT2D eigenvalue weighted by molar-refractivity contribution is 6.10. The Balaban J connectivity index is 1.22. The highest BCUT2D eigenvalue weighted by Gasteiger charge is 2.48. The number of anilines is 1. The summed E-state index contributed by atoms with van der Waals surface area (Å²) < 4.78 is 0. The zero-order chi connectivity index (χ0) is 29.4. The number of benzene rings is 2. The van der Waals surface area contributed by atoms with Crippen LogP contribution in [-0.2, 0) is 11.3 Å². The summed E-state index contributed by atoms with van der Waals surface area (Å²) in [5, 5.41) is 25.2. The zero-order valence-corrected chi connectivity index (χ0v) is 23.1. The zero-order valence-electron chi connectivity index (χ0n) is 23.1. The van der Waals surface area contributed by atoms with E-state index in [0.717, 1.165) is 38.5 Å². The molecule has 6 rings (SSSR count). The number of fused-ring (bicyclic) bond motifs is 1. The number of hydrogen-bond donors (Lipinski definition) is 4. The lowest BCUT2D eigenvalue weighted by molar-refractivity contribution is -0.122. The molecule has 1 atom stereocenters. The number of nitrogens with one attached hydrogen (secondary N) is 2. The number of piperazine rings is 1. The van der Waals surface area contributed by atoms with E-state index in [4.69, 9.17) is 4.98 Å². The number of hydrogen-bond acceptors (Lipinski definition) is 8. The van der Waals surface area contributed by atoms with Crippen LogP contribution in [0.2, 0.25) is 0 Å². The second kappa shape index (κ2) is 10.7. The van der Waals surface area contributed by atoms with Gasteiger partial charge in [-0.05, 0) is 48.5 Å². The van der Waals surface area contributed by atoms with Gasteiger partial charge in [0.15, 0.2) is 0 Å². The normalized spacial score (nSPS) is 20.2. The number of aromatic hydroxyl groups is 2. The smallest absolute Gasteiger partial charge is 0.323 e. The van der Waals surface area contributed by atoms with Gasteiger partial charge in [0.25, 0.3) is 11.8 Å². The molecule has 4 N–H and O–H groups in total. The van der Waals surface area contributed by atoms with E-state index in [2.05, 4.69) is 39.2 Å². The second-order valence-corrected chi connectivity index (χ2v) is 10.6. The van der Waals surface area contributed by atoms with Crippen molar-refractivity contribution in [3.8, 4) is 34.6 Å². The lowest BCUT2D eigenvalue weighted by Gasteiger charge is -2.34. The predicted molar refractivity (Wildman–Crippen MR) is 155 cm³/mol. The quantitative estimate of drug-likeness (QED) is 0.271. The number of carbonyl (C=O) groups excluding carboxylic acids is 3. The Kier molecular flexibility index (Phi) is 6.92. The number of pyridine rings is 1. The lowest BCUT2D eigenvalue weighted by atomic mass is 9.98. The van der Waals surface area contributed by atoms with Gasteiger partial charge in [0.1, 0.15) is 23.0 Å². The van der Waals surface area contributed by atoms with E-state index in [1.54, 1.807) is 36.4 Å². The SMILES string of the molecule is CCN1CCN(c2ccc(O)c(-c3ccc(C#CC4(CN5Cc6ccc(O)cc6C5=O)NC(=O)NC4=O)cc3)n2)CC1. The van der Waals surface area contributed by atoms with Crippen LogP contribution in [0.1, 0.15) is 28.4 Å². The second-order valence-electron chi connectivity index (χ2n) is 10.6. The molecule has 2 aromatic carbocycles. The van der Waals surface area contributed by atoms with E-state index in [1.807, 2.05) is 6.07 Å². The largest absolute Gasteiger partial charge is 0.508 e. The third-order valence-corrected chi connectivity index (χ3v) is 7.92. The summed E-state index contributed by atoms with van der Waals surface area (Å²) in [5.41, 5.74) is 1.15. The van der Waals surface area contributed by atoms with E-state index in [1.165, 1.54) is 17.0 Å². The van der Waals surface area contributed by atoms with E-state index in [0.29, 0.717) is 27.9 Å². The molecule has 3 aromatic rings. The number of amides is 4. The van der Waals surface area contributed by atoms with Crippen LogP contribution in [0, 0.1) is 11.8 Å². The molecule has 4 amide bonds. The molecule has 0 spiro atoms. The minimum atomic E-state index is -1.65. The Morgan fingerprint density at radius 2 is 1.74 bits per heavy atom. The van der Waals surface area contributed by atoms with Gasteiger partial charge in [0, 0.05) is 49.4 Å². The molecule has 2 saturated heterocycles. The van der Waals surface area contributed by atoms with E-state index in [-0.39, 0.29) is 30.5 Å². The molecule has 1 aromatic heterocycles. The third kappa shape index (κ3) is 5.08. The highest BCUT2D eigenvalue weighted by atomic mass is 16.3. The monoisotopic (exact) mass is 566 g/mol. The molecule has 0 aliphatic carbocycles. The molecule has 4 heterocycles. The van der Waals surface area contributed by atoms with Crippen LogP contribution in [0.15, 0.2) is 54.6 Å². The molecular formula is C31H30N6O5. The number of aromatic nitrogens is 1. The van der Waals surface area contributed by atoms with Gasteiger partial charge in [0.05, 0.1) is 6.54 Å². The van der Waals surface area contributed by atoms with Crippen LogP contribution in [0.3, 0.4) is 0 Å². The molecule has 0 radical (unpaired) electrons. The van der Waals surface area contributed by atoms with Crippen LogP contribution in [-0.4, -0.2) is 87.6 Å². The Morgan fingerprint density at radius 3 is 2.43 bits per heavy atom. The van der Waals surface area contributed by atoms with Crippen molar-refractivity contribution in [2.75, 3.05) is 44.2 Å². The van der Waals surface area contributed by atoms with Crippen molar-refractivity contribution in [3.05, 3.63) is 71.3 Å². The van der Waals surface area contributed by atoms with Gasteiger partial charge in [0.2, 0.25) is 5.54 Å². The van der Waals surface area contributed by atoms with Gasteiger partial charge in [-0.2, -0.15) is 0 Å². The molecule has 11 heteroatoms. The summed E-state index contributed by atoms with van der Waals surface area (Å²) in [6.07, 6.45) is 0. The Labute approximate surface area is 242 Å². The van der Waals surface area contributed by atoms with Gasteiger partial charge < -0.3 is 30.2 Å². The summed E-state index contributed by atoms with van der Waals surface area (Å²) in [5.74, 6) is 5.70. The summed E-state index contributed by atoms with van der Waals surface area (Å²) in [6.45, 7) is 6.88. The molecule has 2 fully saturated rings. The first-order valence-electron chi connectivity index (χ1n) is 13.8. The molecule has 214 valence electrons. The van der Waals surface area contributed by atoms with Gasteiger partial charge in [-0.1, -0.05) is 37.0 Å². The van der Waals surface area contributed by atoms with Gasteiger partial charge in [-0.25, -0.2) is 9.78 Å². The van der Waals surface area contributed by atoms with Gasteiger partial charge >= 0.3 is 6.03 Å². The Hall–Kier alpha value is -5.08. The van der Waals surface area contributed by atoms with Gasteiger partial charge in [-0.3, -0.25) is 14.9 Å². The topological polar surface area (TPSA) is 138 Å². The van der Waals surface area contributed by atoms with Crippen LogP contribution >= 0.6 is 0 Å². The number of urea groups is 1. The summed E-state index contributed by atoms with van der Waals surface area (Å²) in [6, 6.07) is 14.4. The Bertz CT molecular complexity index is 1640. The summed E-state index contributed by atoms with van der Waals surface area (Å²) >= 11 is 0. The summed E-state index contributed by atoms with van der Waals surface area (Å²) in [4.78, 5) is 48.8. The number of rotatable bonds is 5. The van der Waals surface area contributed by atoms with Crippen LogP contribution in [0.5, 0.6) is 11.5 Å². The number of phenolic OH excluding ortho intramolecular Hbond substituents is 1. The minimum Gasteiger partial charge on any atom is -0.508 e. The van der Waals surface area contributed by atoms with Gasteiger partial charge in [-0.15, -0.1) is 0 Å². The van der Waals surface area contributed by atoms with Crippen LogP contribution < -0.4 is 15.5 Å². The van der Waals surface area contributed by atoms with Crippen molar-refractivity contribution in [1.29, 1.82) is 0 Å². The maximum atomic E-state index is 13.0. The fraction of sp³-hybridized carbons (Fsp3) is 0.290. The molecule has 3 aliphatic heterocycles.